The monoisotopic (exact) mass is 236 g/mol. The molecule has 0 aromatic heterocycles. The molecule has 1 rings (SSSR count). The van der Waals surface area contributed by atoms with Crippen molar-refractivity contribution in [1.29, 1.82) is 0 Å². The number of aromatic hydroxyl groups is 1. The fraction of sp³-hybridized carbons (Fsp3) is 0.462. The van der Waals surface area contributed by atoms with Crippen LogP contribution < -0.4 is 10.6 Å². The van der Waals surface area contributed by atoms with E-state index >= 15 is 0 Å². The largest absolute Gasteiger partial charge is 0.508 e. The zero-order chi connectivity index (χ0) is 12.7. The molecule has 0 fully saturated rings. The Kier molecular flexibility index (Phi) is 5.66. The molecule has 1 aromatic rings. The molecule has 0 aliphatic carbocycles. The minimum absolute atomic E-state index is 0.143. The van der Waals surface area contributed by atoms with Crippen LogP contribution >= 0.6 is 0 Å². The number of hydrogen-bond donors (Lipinski definition) is 3. The average molecular weight is 236 g/mol. The number of phenols is 1. The summed E-state index contributed by atoms with van der Waals surface area (Å²) in [5.41, 5.74) is 1.16. The maximum absolute atomic E-state index is 10.8. The standard InChI is InChI=1S/C13H20N2O2/c1-10(16)8-15-9-12(14-2)7-11-3-5-13(17)6-4-11/h3-6,12,14-15,17H,7-9H2,1-2H3/t12-/m0/s1. The van der Waals surface area contributed by atoms with Gasteiger partial charge in [-0.3, -0.25) is 4.79 Å². The predicted octanol–water partition coefficient (Wildman–Crippen LogP) is 0.701. The Morgan fingerprint density at radius 2 is 2.00 bits per heavy atom. The first-order valence-electron chi connectivity index (χ1n) is 5.77. The molecule has 1 aromatic carbocycles. The Morgan fingerprint density at radius 3 is 2.53 bits per heavy atom. The predicted molar refractivity (Wildman–Crippen MR) is 68.2 cm³/mol. The second-order valence-electron chi connectivity index (χ2n) is 4.19. The topological polar surface area (TPSA) is 61.4 Å². The molecule has 0 aliphatic rings. The van der Waals surface area contributed by atoms with E-state index in [2.05, 4.69) is 10.6 Å². The molecule has 0 heterocycles. The van der Waals surface area contributed by atoms with Gasteiger partial charge in [-0.05, 0) is 38.1 Å². The maximum Gasteiger partial charge on any atom is 0.143 e. The van der Waals surface area contributed by atoms with Crippen LogP contribution in [0.15, 0.2) is 24.3 Å². The maximum atomic E-state index is 10.8. The van der Waals surface area contributed by atoms with Crippen LogP contribution in [-0.4, -0.2) is 37.1 Å². The van der Waals surface area contributed by atoms with Crippen molar-refractivity contribution < 1.29 is 9.90 Å². The number of hydrogen-bond acceptors (Lipinski definition) is 4. The van der Waals surface area contributed by atoms with Crippen molar-refractivity contribution in [2.75, 3.05) is 20.1 Å². The highest BCUT2D eigenvalue weighted by Crippen LogP contribution is 2.10. The van der Waals surface area contributed by atoms with Gasteiger partial charge in [0, 0.05) is 12.6 Å². The van der Waals surface area contributed by atoms with Crippen LogP contribution in [0.1, 0.15) is 12.5 Å². The van der Waals surface area contributed by atoms with Crippen LogP contribution in [0.3, 0.4) is 0 Å². The molecule has 0 bridgehead atoms. The van der Waals surface area contributed by atoms with E-state index in [1.165, 1.54) is 0 Å². The Hall–Kier alpha value is -1.39. The first-order valence-corrected chi connectivity index (χ1v) is 5.77. The molecule has 0 spiro atoms. The molecule has 94 valence electrons. The molecule has 0 saturated heterocycles. The van der Waals surface area contributed by atoms with Crippen LogP contribution in [0.5, 0.6) is 5.75 Å². The SMILES string of the molecule is CN[C@H](CNCC(C)=O)Cc1ccc(O)cc1. The van der Waals surface area contributed by atoms with Gasteiger partial charge in [0.1, 0.15) is 11.5 Å². The van der Waals surface area contributed by atoms with Gasteiger partial charge in [0.15, 0.2) is 0 Å². The molecule has 0 saturated carbocycles. The van der Waals surface area contributed by atoms with Gasteiger partial charge < -0.3 is 15.7 Å². The summed E-state index contributed by atoms with van der Waals surface area (Å²) >= 11 is 0. The Morgan fingerprint density at radius 1 is 1.35 bits per heavy atom. The molecule has 0 unspecified atom stereocenters. The molecule has 0 amide bonds. The van der Waals surface area contributed by atoms with Gasteiger partial charge in [0.05, 0.1) is 6.54 Å². The third-order valence-electron chi connectivity index (χ3n) is 2.59. The lowest BCUT2D eigenvalue weighted by molar-refractivity contribution is -0.116. The summed E-state index contributed by atoms with van der Waals surface area (Å²) in [6.45, 7) is 2.73. The summed E-state index contributed by atoms with van der Waals surface area (Å²) in [5, 5.41) is 15.5. The van der Waals surface area contributed by atoms with E-state index in [1.807, 2.05) is 19.2 Å². The number of nitrogens with one attached hydrogen (secondary N) is 2. The molecular formula is C13H20N2O2. The van der Waals surface area contributed by atoms with Crippen LogP contribution in [0.25, 0.3) is 0 Å². The second-order valence-corrected chi connectivity index (χ2v) is 4.19. The van der Waals surface area contributed by atoms with Gasteiger partial charge in [0.25, 0.3) is 0 Å². The first-order chi connectivity index (χ1) is 8.11. The highest BCUT2D eigenvalue weighted by molar-refractivity contribution is 5.77. The van der Waals surface area contributed by atoms with E-state index in [0.717, 1.165) is 18.5 Å². The van der Waals surface area contributed by atoms with E-state index in [4.69, 9.17) is 0 Å². The van der Waals surface area contributed by atoms with Crippen molar-refractivity contribution in [3.05, 3.63) is 29.8 Å². The smallest absolute Gasteiger partial charge is 0.143 e. The van der Waals surface area contributed by atoms with Crippen LogP contribution in [0, 0.1) is 0 Å². The number of phenolic OH excluding ortho intramolecular Hbond substituents is 1. The zero-order valence-corrected chi connectivity index (χ0v) is 10.4. The molecule has 17 heavy (non-hydrogen) atoms. The van der Waals surface area contributed by atoms with E-state index in [0.29, 0.717) is 6.54 Å². The summed E-state index contributed by atoms with van der Waals surface area (Å²) < 4.78 is 0. The first kappa shape index (κ1) is 13.7. The van der Waals surface area contributed by atoms with E-state index in [1.54, 1.807) is 19.1 Å². The Labute approximate surface area is 102 Å². The summed E-state index contributed by atoms with van der Waals surface area (Å²) in [5.74, 6) is 0.425. The number of benzene rings is 1. The Balaban J connectivity index is 2.40. The van der Waals surface area contributed by atoms with Gasteiger partial charge in [0.2, 0.25) is 0 Å². The van der Waals surface area contributed by atoms with Crippen molar-refractivity contribution in [3.63, 3.8) is 0 Å². The molecule has 1 atom stereocenters. The van der Waals surface area contributed by atoms with Crippen molar-refractivity contribution in [2.45, 2.75) is 19.4 Å². The van der Waals surface area contributed by atoms with Gasteiger partial charge in [-0.1, -0.05) is 12.1 Å². The minimum Gasteiger partial charge on any atom is -0.508 e. The molecule has 4 nitrogen and oxygen atoms in total. The Bertz CT molecular complexity index is 349. The van der Waals surface area contributed by atoms with E-state index < -0.39 is 0 Å². The summed E-state index contributed by atoms with van der Waals surface area (Å²) in [6, 6.07) is 7.46. The summed E-state index contributed by atoms with van der Waals surface area (Å²) in [4.78, 5) is 10.8. The molecule has 4 heteroatoms. The third-order valence-corrected chi connectivity index (χ3v) is 2.59. The number of carbonyl (C=O) groups is 1. The van der Waals surface area contributed by atoms with Crippen LogP contribution in [0.2, 0.25) is 0 Å². The zero-order valence-electron chi connectivity index (χ0n) is 10.4. The lowest BCUT2D eigenvalue weighted by atomic mass is 10.1. The van der Waals surface area contributed by atoms with Crippen molar-refractivity contribution in [2.24, 2.45) is 0 Å². The summed E-state index contributed by atoms with van der Waals surface area (Å²) in [6.07, 6.45) is 0.863. The number of likely N-dealkylation sites (N-methyl/N-ethyl adjacent to an activating group) is 1. The normalized spacial score (nSPS) is 12.4. The lowest BCUT2D eigenvalue weighted by Gasteiger charge is -2.16. The minimum atomic E-state index is 0.143. The van der Waals surface area contributed by atoms with Crippen molar-refractivity contribution >= 4 is 5.78 Å². The van der Waals surface area contributed by atoms with Gasteiger partial charge in [-0.25, -0.2) is 0 Å². The lowest BCUT2D eigenvalue weighted by Crippen LogP contribution is -2.39. The van der Waals surface area contributed by atoms with Gasteiger partial charge in [-0.2, -0.15) is 0 Å². The van der Waals surface area contributed by atoms with Crippen molar-refractivity contribution in [1.82, 2.24) is 10.6 Å². The number of carbonyl (C=O) groups excluding carboxylic acids is 1. The fourth-order valence-corrected chi connectivity index (χ4v) is 1.62. The number of rotatable bonds is 7. The van der Waals surface area contributed by atoms with Crippen molar-refractivity contribution in [3.8, 4) is 5.75 Å². The third kappa shape index (κ3) is 5.47. The van der Waals surface area contributed by atoms with Crippen LogP contribution in [0.4, 0.5) is 0 Å². The van der Waals surface area contributed by atoms with E-state index in [-0.39, 0.29) is 17.6 Å². The molecule has 0 radical (unpaired) electrons. The van der Waals surface area contributed by atoms with Crippen LogP contribution in [-0.2, 0) is 11.2 Å². The highest BCUT2D eigenvalue weighted by atomic mass is 16.3. The van der Waals surface area contributed by atoms with Gasteiger partial charge in [-0.15, -0.1) is 0 Å². The number of Topliss-reactive ketones (excluding diaryl/α,β-unsaturated/α-hetero) is 1. The molecular weight excluding hydrogens is 216 g/mol. The highest BCUT2D eigenvalue weighted by Gasteiger charge is 2.07. The molecule has 0 aliphatic heterocycles. The quantitative estimate of drug-likeness (QED) is 0.652. The fourth-order valence-electron chi connectivity index (χ4n) is 1.62. The summed E-state index contributed by atoms with van der Waals surface area (Å²) in [7, 11) is 1.90. The molecule has 3 N–H and O–H groups in total. The van der Waals surface area contributed by atoms with Gasteiger partial charge >= 0.3 is 0 Å². The second kappa shape index (κ2) is 7.04. The van der Waals surface area contributed by atoms with E-state index in [9.17, 15) is 9.90 Å². The number of ketones is 1. The average Bonchev–Trinajstić information content (AvgIpc) is 2.30.